The Morgan fingerprint density at radius 1 is 1.03 bits per heavy atom. The van der Waals surface area contributed by atoms with Crippen LogP contribution in [0, 0.1) is 11.3 Å². The van der Waals surface area contributed by atoms with Gasteiger partial charge >= 0.3 is 0 Å². The van der Waals surface area contributed by atoms with Gasteiger partial charge in [0, 0.05) is 48.1 Å². The Morgan fingerprint density at radius 2 is 1.80 bits per heavy atom. The van der Waals surface area contributed by atoms with E-state index in [1.54, 1.807) is 6.07 Å². The first-order chi connectivity index (χ1) is 17.1. The zero-order valence-electron chi connectivity index (χ0n) is 19.2. The van der Waals surface area contributed by atoms with Gasteiger partial charge < -0.3 is 14.8 Å². The summed E-state index contributed by atoms with van der Waals surface area (Å²) in [6.07, 6.45) is 4.72. The number of aromatic nitrogens is 2. The highest BCUT2D eigenvalue weighted by atomic mass is 35.5. The van der Waals surface area contributed by atoms with Crippen molar-refractivity contribution in [2.24, 2.45) is 0 Å². The minimum atomic E-state index is 0.129. The molecule has 1 aliphatic rings. The van der Waals surface area contributed by atoms with Crippen molar-refractivity contribution in [1.29, 1.82) is 5.26 Å². The van der Waals surface area contributed by atoms with Gasteiger partial charge in [-0.25, -0.2) is 4.98 Å². The molecule has 176 valence electrons. The van der Waals surface area contributed by atoms with Crippen molar-refractivity contribution >= 4 is 28.9 Å². The average molecular weight is 502 g/mol. The molecule has 0 fully saturated rings. The van der Waals surface area contributed by atoms with Crippen LogP contribution in [0.1, 0.15) is 34.0 Å². The summed E-state index contributed by atoms with van der Waals surface area (Å²) in [5.74, 6) is 0. The van der Waals surface area contributed by atoms with Gasteiger partial charge in [0.1, 0.15) is 0 Å². The van der Waals surface area contributed by atoms with Crippen molar-refractivity contribution in [2.75, 3.05) is 18.0 Å². The fourth-order valence-corrected chi connectivity index (χ4v) is 5.16. The normalized spacial score (nSPS) is 15.3. The van der Waals surface area contributed by atoms with Crippen LogP contribution in [0.15, 0.2) is 79.3 Å². The molecule has 35 heavy (non-hydrogen) atoms. The van der Waals surface area contributed by atoms with E-state index in [1.807, 2.05) is 48.9 Å². The molecular weight excluding hydrogens is 477 g/mol. The number of imidazole rings is 1. The van der Waals surface area contributed by atoms with Gasteiger partial charge in [0.15, 0.2) is 0 Å². The van der Waals surface area contributed by atoms with Gasteiger partial charge in [0.05, 0.1) is 29.7 Å². The fourth-order valence-electron chi connectivity index (χ4n) is 4.64. The van der Waals surface area contributed by atoms with Crippen LogP contribution in [0.2, 0.25) is 10.0 Å². The van der Waals surface area contributed by atoms with Crippen LogP contribution in [0.4, 0.5) is 5.69 Å². The smallest absolute Gasteiger partial charge is 0.0991 e. The second-order valence-corrected chi connectivity index (χ2v) is 9.65. The molecule has 2 heterocycles. The van der Waals surface area contributed by atoms with Gasteiger partial charge in [-0.05, 0) is 53.4 Å². The van der Waals surface area contributed by atoms with Crippen molar-refractivity contribution in [3.63, 3.8) is 0 Å². The number of rotatable bonds is 6. The molecule has 1 aliphatic heterocycles. The molecule has 7 heteroatoms. The fraction of sp³-hybridized carbons (Fsp3) is 0.214. The van der Waals surface area contributed by atoms with Gasteiger partial charge in [-0.3, -0.25) is 0 Å². The van der Waals surface area contributed by atoms with E-state index in [1.165, 1.54) is 11.1 Å². The predicted octanol–water partition coefficient (Wildman–Crippen LogP) is 6.00. The summed E-state index contributed by atoms with van der Waals surface area (Å²) in [6, 6.07) is 24.4. The Morgan fingerprint density at radius 3 is 2.57 bits per heavy atom. The molecule has 5 nitrogen and oxygen atoms in total. The lowest BCUT2D eigenvalue weighted by Gasteiger charge is -2.28. The number of nitriles is 1. The summed E-state index contributed by atoms with van der Waals surface area (Å²) in [4.78, 5) is 6.74. The van der Waals surface area contributed by atoms with Gasteiger partial charge in [-0.15, -0.1) is 0 Å². The molecule has 0 spiro atoms. The zero-order valence-corrected chi connectivity index (χ0v) is 20.7. The third kappa shape index (κ3) is 5.52. The molecule has 3 aromatic carbocycles. The summed E-state index contributed by atoms with van der Waals surface area (Å²) < 4.78 is 2.14. The molecule has 0 aliphatic carbocycles. The van der Waals surface area contributed by atoms with Gasteiger partial charge in [-0.2, -0.15) is 5.26 Å². The van der Waals surface area contributed by atoms with Crippen LogP contribution in [0.25, 0.3) is 0 Å². The van der Waals surface area contributed by atoms with E-state index in [4.69, 9.17) is 28.5 Å². The standard InChI is InChI=1S/C28H25Cl2N5/c29-23-11-24(30)13-25(12-23)34-10-9-22-3-1-2-4-27(22)28(18-34)33-16-26-15-32-19-35(26)17-21-7-5-20(14-31)6-8-21/h1-8,11-13,15,19,28,33H,9-10,16-18H2. The highest BCUT2D eigenvalue weighted by Crippen LogP contribution is 2.30. The molecule has 5 rings (SSSR count). The molecular formula is C28H25Cl2N5. The van der Waals surface area contributed by atoms with Crippen molar-refractivity contribution < 1.29 is 0 Å². The lowest BCUT2D eigenvalue weighted by molar-refractivity contribution is 0.516. The van der Waals surface area contributed by atoms with E-state index in [0.717, 1.165) is 36.5 Å². The lowest BCUT2D eigenvalue weighted by atomic mass is 9.99. The number of anilines is 1. The van der Waals surface area contributed by atoms with Crippen LogP contribution >= 0.6 is 23.2 Å². The second-order valence-electron chi connectivity index (χ2n) is 8.78. The van der Waals surface area contributed by atoms with E-state index < -0.39 is 0 Å². The summed E-state index contributed by atoms with van der Waals surface area (Å²) in [7, 11) is 0. The van der Waals surface area contributed by atoms with E-state index in [-0.39, 0.29) is 6.04 Å². The molecule has 0 saturated heterocycles. The molecule has 4 aromatic rings. The van der Waals surface area contributed by atoms with Crippen molar-refractivity contribution in [2.45, 2.75) is 25.6 Å². The first kappa shape index (κ1) is 23.4. The maximum Gasteiger partial charge on any atom is 0.0991 e. The maximum atomic E-state index is 9.04. The highest BCUT2D eigenvalue weighted by Gasteiger charge is 2.23. The quantitative estimate of drug-likeness (QED) is 0.351. The van der Waals surface area contributed by atoms with Crippen LogP contribution in [-0.2, 0) is 19.5 Å². The Labute approximate surface area is 215 Å². The highest BCUT2D eigenvalue weighted by molar-refractivity contribution is 6.35. The maximum absolute atomic E-state index is 9.04. The summed E-state index contributed by atoms with van der Waals surface area (Å²) in [5.41, 5.74) is 6.61. The Balaban J connectivity index is 1.35. The number of nitrogens with one attached hydrogen (secondary N) is 1. The Bertz CT molecular complexity index is 1340. The molecule has 0 amide bonds. The van der Waals surface area contributed by atoms with E-state index >= 15 is 0 Å². The van der Waals surface area contributed by atoms with Crippen LogP contribution in [0.5, 0.6) is 0 Å². The number of hydrogen-bond donors (Lipinski definition) is 1. The van der Waals surface area contributed by atoms with Gasteiger partial charge in [0.2, 0.25) is 0 Å². The zero-order chi connectivity index (χ0) is 24.2. The van der Waals surface area contributed by atoms with Crippen molar-refractivity contribution in [1.82, 2.24) is 14.9 Å². The number of nitrogens with zero attached hydrogens (tertiary/aromatic N) is 4. The number of benzene rings is 3. The number of fused-ring (bicyclic) bond motifs is 1. The second kappa shape index (κ2) is 10.5. The van der Waals surface area contributed by atoms with Crippen LogP contribution in [0.3, 0.4) is 0 Å². The van der Waals surface area contributed by atoms with Crippen molar-refractivity contribution in [3.8, 4) is 6.07 Å². The first-order valence-electron chi connectivity index (χ1n) is 11.6. The molecule has 0 saturated carbocycles. The van der Waals surface area contributed by atoms with E-state index in [0.29, 0.717) is 28.7 Å². The molecule has 1 N–H and O–H groups in total. The topological polar surface area (TPSA) is 56.9 Å². The summed E-state index contributed by atoms with van der Waals surface area (Å²) in [6.45, 7) is 3.08. The van der Waals surface area contributed by atoms with Crippen LogP contribution < -0.4 is 10.2 Å². The third-order valence-electron chi connectivity index (χ3n) is 6.46. The molecule has 0 radical (unpaired) electrons. The minimum Gasteiger partial charge on any atom is -0.369 e. The third-order valence-corrected chi connectivity index (χ3v) is 6.90. The predicted molar refractivity (Wildman–Crippen MR) is 141 cm³/mol. The number of halogens is 2. The first-order valence-corrected chi connectivity index (χ1v) is 12.3. The van der Waals surface area contributed by atoms with E-state index in [9.17, 15) is 0 Å². The van der Waals surface area contributed by atoms with Gasteiger partial charge in [-0.1, -0.05) is 59.6 Å². The Kier molecular flexibility index (Phi) is 7.06. The summed E-state index contributed by atoms with van der Waals surface area (Å²) >= 11 is 12.6. The molecule has 0 bridgehead atoms. The lowest BCUT2D eigenvalue weighted by Crippen LogP contribution is -2.34. The molecule has 1 unspecified atom stereocenters. The van der Waals surface area contributed by atoms with Crippen molar-refractivity contribution in [3.05, 3.63) is 117 Å². The van der Waals surface area contributed by atoms with Crippen LogP contribution in [-0.4, -0.2) is 22.6 Å². The van der Waals surface area contributed by atoms with Gasteiger partial charge in [0.25, 0.3) is 0 Å². The molecule has 1 atom stereocenters. The monoisotopic (exact) mass is 501 g/mol. The Hall–Kier alpha value is -3.30. The average Bonchev–Trinajstić information content (AvgIpc) is 3.21. The van der Waals surface area contributed by atoms with E-state index in [2.05, 4.69) is 50.1 Å². The SMILES string of the molecule is N#Cc1ccc(Cn2cncc2CNC2CN(c3cc(Cl)cc(Cl)c3)CCc3ccccc32)cc1. The largest absolute Gasteiger partial charge is 0.369 e. The number of hydrogen-bond acceptors (Lipinski definition) is 4. The molecule has 1 aromatic heterocycles. The summed E-state index contributed by atoms with van der Waals surface area (Å²) in [5, 5.41) is 14.1. The minimum absolute atomic E-state index is 0.129.